The van der Waals surface area contributed by atoms with Gasteiger partial charge in [-0.1, -0.05) is 30.3 Å². The molecule has 9 heteroatoms. The molecular weight excluding hydrogens is 466 g/mol. The maximum absolute atomic E-state index is 13.3. The summed E-state index contributed by atoms with van der Waals surface area (Å²) in [5.74, 6) is 0.104. The zero-order valence-electron chi connectivity index (χ0n) is 20.1. The van der Waals surface area contributed by atoms with Gasteiger partial charge in [-0.3, -0.25) is 9.59 Å². The van der Waals surface area contributed by atoms with E-state index in [4.69, 9.17) is 4.74 Å². The van der Waals surface area contributed by atoms with Gasteiger partial charge in [0.25, 0.3) is 5.91 Å². The number of nitrogens with zero attached hydrogens (tertiary/aromatic N) is 3. The van der Waals surface area contributed by atoms with Crippen molar-refractivity contribution >= 4 is 33.2 Å². The molecule has 0 saturated carbocycles. The topological polar surface area (TPSA) is 87.2 Å². The maximum Gasteiger partial charge on any atom is 0.256 e. The van der Waals surface area contributed by atoms with E-state index in [0.29, 0.717) is 44.8 Å². The predicted octanol–water partition coefficient (Wildman–Crippen LogP) is 3.16. The van der Waals surface area contributed by atoms with Crippen molar-refractivity contribution < 1.29 is 22.7 Å². The summed E-state index contributed by atoms with van der Waals surface area (Å²) in [6, 6.07) is 13.5. The first-order valence-corrected chi connectivity index (χ1v) is 13.8. The van der Waals surface area contributed by atoms with Crippen LogP contribution < -0.4 is 9.80 Å². The number of amides is 2. The number of hydrogen-bond acceptors (Lipinski definition) is 5. The van der Waals surface area contributed by atoms with Gasteiger partial charge in [0.1, 0.15) is 6.10 Å². The van der Waals surface area contributed by atoms with Gasteiger partial charge in [-0.2, -0.15) is 4.31 Å². The van der Waals surface area contributed by atoms with Crippen molar-refractivity contribution in [1.29, 1.82) is 0 Å². The standard InChI is InChI=1S/C26H31N3O5S/c1-18-16-28(26(31)25-5-3-13-34-25)24-15-22(10-11-23(24)29(18)19(2)30)21-8-6-20(7-9-21)17-27-12-4-14-35(27,32)33/h6-11,15,18,25H,3-5,12-14,16-17H2,1-2H3. The second-order valence-corrected chi connectivity index (χ2v) is 11.7. The Morgan fingerprint density at radius 2 is 1.77 bits per heavy atom. The highest BCUT2D eigenvalue weighted by atomic mass is 32.2. The van der Waals surface area contributed by atoms with Crippen LogP contribution in [0.2, 0.25) is 0 Å². The maximum atomic E-state index is 13.3. The monoisotopic (exact) mass is 497 g/mol. The smallest absolute Gasteiger partial charge is 0.256 e. The molecule has 5 rings (SSSR count). The van der Waals surface area contributed by atoms with Crippen LogP contribution in [0.25, 0.3) is 11.1 Å². The van der Waals surface area contributed by atoms with Crippen LogP contribution >= 0.6 is 0 Å². The molecule has 3 heterocycles. The summed E-state index contributed by atoms with van der Waals surface area (Å²) in [5, 5.41) is 0. The van der Waals surface area contributed by atoms with Gasteiger partial charge in [0.2, 0.25) is 15.9 Å². The molecule has 0 spiro atoms. The Balaban J connectivity index is 1.45. The van der Waals surface area contributed by atoms with Crippen molar-refractivity contribution in [3.63, 3.8) is 0 Å². The van der Waals surface area contributed by atoms with E-state index in [2.05, 4.69) is 0 Å². The number of fused-ring (bicyclic) bond motifs is 1. The van der Waals surface area contributed by atoms with Gasteiger partial charge in [0.15, 0.2) is 0 Å². The normalized spacial score (nSPS) is 23.9. The van der Waals surface area contributed by atoms with E-state index in [1.165, 1.54) is 4.31 Å². The second-order valence-electron chi connectivity index (χ2n) is 9.59. The van der Waals surface area contributed by atoms with Crippen LogP contribution in [-0.4, -0.2) is 62.1 Å². The van der Waals surface area contributed by atoms with E-state index in [9.17, 15) is 18.0 Å². The molecule has 3 aliphatic heterocycles. The number of sulfonamides is 1. The van der Waals surface area contributed by atoms with Crippen molar-refractivity contribution in [2.24, 2.45) is 0 Å². The summed E-state index contributed by atoms with van der Waals surface area (Å²) in [6.07, 6.45) is 1.82. The Morgan fingerprint density at radius 3 is 2.40 bits per heavy atom. The van der Waals surface area contributed by atoms with Crippen molar-refractivity contribution in [3.8, 4) is 11.1 Å². The minimum atomic E-state index is -3.14. The lowest BCUT2D eigenvalue weighted by molar-refractivity contribution is -0.127. The molecule has 2 aromatic rings. The highest BCUT2D eigenvalue weighted by molar-refractivity contribution is 7.89. The summed E-state index contributed by atoms with van der Waals surface area (Å²) in [6.45, 7) is 5.45. The highest BCUT2D eigenvalue weighted by Crippen LogP contribution is 2.40. The Morgan fingerprint density at radius 1 is 1.03 bits per heavy atom. The third kappa shape index (κ3) is 4.60. The minimum absolute atomic E-state index is 0.0573. The average molecular weight is 498 g/mol. The fourth-order valence-corrected chi connectivity index (χ4v) is 6.82. The summed E-state index contributed by atoms with van der Waals surface area (Å²) in [7, 11) is -3.14. The number of ether oxygens (including phenoxy) is 1. The molecule has 0 aliphatic carbocycles. The molecule has 35 heavy (non-hydrogen) atoms. The van der Waals surface area contributed by atoms with Gasteiger partial charge in [-0.05, 0) is 55.0 Å². The van der Waals surface area contributed by atoms with Crippen LogP contribution in [0.15, 0.2) is 42.5 Å². The summed E-state index contributed by atoms with van der Waals surface area (Å²) >= 11 is 0. The van der Waals surface area contributed by atoms with Crippen LogP contribution in [0, 0.1) is 0 Å². The molecule has 2 fully saturated rings. The number of rotatable bonds is 4. The van der Waals surface area contributed by atoms with Crippen LogP contribution in [0.3, 0.4) is 0 Å². The van der Waals surface area contributed by atoms with Crippen molar-refractivity contribution in [2.45, 2.75) is 51.8 Å². The molecular formula is C26H31N3O5S. The molecule has 3 aliphatic rings. The van der Waals surface area contributed by atoms with Gasteiger partial charge in [0, 0.05) is 33.2 Å². The van der Waals surface area contributed by atoms with Crippen LogP contribution in [0.1, 0.15) is 38.7 Å². The van der Waals surface area contributed by atoms with Crippen LogP contribution in [-0.2, 0) is 30.9 Å². The molecule has 2 unspecified atom stereocenters. The third-order valence-corrected chi connectivity index (χ3v) is 8.98. The lowest BCUT2D eigenvalue weighted by Gasteiger charge is -2.41. The van der Waals surface area contributed by atoms with Crippen LogP contribution in [0.5, 0.6) is 0 Å². The largest absolute Gasteiger partial charge is 0.368 e. The van der Waals surface area contributed by atoms with E-state index in [-0.39, 0.29) is 23.6 Å². The van der Waals surface area contributed by atoms with E-state index in [1.54, 1.807) is 16.7 Å². The Kier molecular flexibility index (Phi) is 6.41. The number of carbonyl (C=O) groups excluding carboxylic acids is 2. The van der Waals surface area contributed by atoms with E-state index in [1.807, 2.05) is 49.4 Å². The van der Waals surface area contributed by atoms with Gasteiger partial charge in [-0.15, -0.1) is 0 Å². The number of benzene rings is 2. The Labute approximate surface area is 206 Å². The minimum Gasteiger partial charge on any atom is -0.368 e. The number of hydrogen-bond donors (Lipinski definition) is 0. The van der Waals surface area contributed by atoms with Gasteiger partial charge in [-0.25, -0.2) is 8.42 Å². The first kappa shape index (κ1) is 24.0. The molecule has 2 aromatic carbocycles. The number of carbonyl (C=O) groups is 2. The van der Waals surface area contributed by atoms with Crippen molar-refractivity contribution in [1.82, 2.24) is 4.31 Å². The molecule has 0 radical (unpaired) electrons. The summed E-state index contributed by atoms with van der Waals surface area (Å²) in [4.78, 5) is 29.3. The third-order valence-electron chi connectivity index (χ3n) is 7.07. The molecule has 2 atom stereocenters. The number of anilines is 2. The van der Waals surface area contributed by atoms with Crippen LogP contribution in [0.4, 0.5) is 11.4 Å². The molecule has 186 valence electrons. The van der Waals surface area contributed by atoms with E-state index >= 15 is 0 Å². The lowest BCUT2D eigenvalue weighted by Crippen LogP contribution is -2.53. The second kappa shape index (κ2) is 9.37. The lowest BCUT2D eigenvalue weighted by atomic mass is 9.99. The quantitative estimate of drug-likeness (QED) is 0.648. The fraction of sp³-hybridized carbons (Fsp3) is 0.462. The van der Waals surface area contributed by atoms with Gasteiger partial charge < -0.3 is 14.5 Å². The zero-order valence-corrected chi connectivity index (χ0v) is 21.0. The first-order valence-electron chi connectivity index (χ1n) is 12.2. The molecule has 0 bridgehead atoms. The fourth-order valence-electron chi connectivity index (χ4n) is 5.31. The van der Waals surface area contributed by atoms with Gasteiger partial charge >= 0.3 is 0 Å². The molecule has 0 N–H and O–H groups in total. The Bertz CT molecular complexity index is 1240. The summed E-state index contributed by atoms with van der Waals surface area (Å²) in [5.41, 5.74) is 4.25. The SMILES string of the molecule is CC(=O)N1c2ccc(-c3ccc(CN4CCCS4(=O)=O)cc3)cc2N(C(=O)C2CCCO2)CC1C. The van der Waals surface area contributed by atoms with Gasteiger partial charge in [0.05, 0.1) is 23.2 Å². The van der Waals surface area contributed by atoms with Crippen molar-refractivity contribution in [2.75, 3.05) is 35.2 Å². The predicted molar refractivity (Wildman–Crippen MR) is 135 cm³/mol. The highest BCUT2D eigenvalue weighted by Gasteiger charge is 2.37. The first-order chi connectivity index (χ1) is 16.7. The average Bonchev–Trinajstić information content (AvgIpc) is 3.48. The zero-order chi connectivity index (χ0) is 24.7. The summed E-state index contributed by atoms with van der Waals surface area (Å²) < 4.78 is 31.5. The Hall–Kier alpha value is -2.75. The molecule has 0 aromatic heterocycles. The van der Waals surface area contributed by atoms with E-state index in [0.717, 1.165) is 28.8 Å². The molecule has 2 amide bonds. The molecule has 8 nitrogen and oxygen atoms in total. The molecule has 2 saturated heterocycles. The van der Waals surface area contributed by atoms with Crippen molar-refractivity contribution in [3.05, 3.63) is 48.0 Å². The van der Waals surface area contributed by atoms with E-state index < -0.39 is 16.1 Å².